The highest BCUT2D eigenvalue weighted by molar-refractivity contribution is 6.35. The number of benzene rings is 2. The number of hydrogen-bond acceptors (Lipinski definition) is 4. The predicted molar refractivity (Wildman–Crippen MR) is 118 cm³/mol. The number of esters is 1. The van der Waals surface area contributed by atoms with E-state index >= 15 is 0 Å². The van der Waals surface area contributed by atoms with E-state index in [0.29, 0.717) is 44.0 Å². The average Bonchev–Trinajstić information content (AvgIpc) is 2.73. The predicted octanol–water partition coefficient (Wildman–Crippen LogP) is 5.81. The number of nitrogens with zero attached hydrogens (tertiary/aromatic N) is 1. The van der Waals surface area contributed by atoms with Gasteiger partial charge in [-0.05, 0) is 61.4 Å². The molecule has 30 heavy (non-hydrogen) atoms. The Labute approximate surface area is 185 Å². The normalized spacial score (nSPS) is 16.1. The van der Waals surface area contributed by atoms with Crippen molar-refractivity contribution in [3.63, 3.8) is 0 Å². The summed E-state index contributed by atoms with van der Waals surface area (Å²) in [5.41, 5.74) is 3.28. The number of allylic oxidation sites excluding steroid dienone is 2. The van der Waals surface area contributed by atoms with Gasteiger partial charge in [0.15, 0.2) is 5.70 Å². The Bertz CT molecular complexity index is 1080. The van der Waals surface area contributed by atoms with Crippen molar-refractivity contribution in [1.29, 1.82) is 0 Å². The van der Waals surface area contributed by atoms with Crippen molar-refractivity contribution in [2.75, 3.05) is 13.7 Å². The summed E-state index contributed by atoms with van der Waals surface area (Å²) in [4.78, 5) is 16.8. The van der Waals surface area contributed by atoms with Gasteiger partial charge in [-0.3, -0.25) is 0 Å². The molecule has 3 rings (SSSR count). The van der Waals surface area contributed by atoms with E-state index in [0.717, 1.165) is 5.56 Å². The van der Waals surface area contributed by atoms with Gasteiger partial charge in [-0.15, -0.1) is 0 Å². The Hall–Kier alpha value is -2.94. The molecule has 0 radical (unpaired) electrons. The number of dihydropyridines is 1. The molecule has 2 aromatic rings. The number of ether oxygens (including phenoxy) is 2. The molecule has 1 aliphatic rings. The van der Waals surface area contributed by atoms with Gasteiger partial charge >= 0.3 is 5.97 Å². The summed E-state index contributed by atoms with van der Waals surface area (Å²) in [6, 6.07) is 12.3. The van der Waals surface area contributed by atoms with Crippen LogP contribution < -0.4 is 10.1 Å². The second kappa shape index (κ2) is 9.25. The molecule has 0 saturated heterocycles. The molecule has 154 valence electrons. The van der Waals surface area contributed by atoms with Crippen molar-refractivity contribution in [2.45, 2.75) is 19.8 Å². The number of nitrogens with one attached hydrogen (secondary N) is 1. The van der Waals surface area contributed by atoms with Crippen molar-refractivity contribution >= 4 is 34.9 Å². The van der Waals surface area contributed by atoms with E-state index in [-0.39, 0.29) is 6.61 Å². The van der Waals surface area contributed by atoms with Crippen molar-refractivity contribution in [1.82, 2.24) is 5.32 Å². The van der Waals surface area contributed by atoms with Gasteiger partial charge in [-0.1, -0.05) is 29.3 Å². The summed E-state index contributed by atoms with van der Waals surface area (Å²) >= 11 is 12.6. The summed E-state index contributed by atoms with van der Waals surface area (Å²) in [5, 5.41) is 4.07. The van der Waals surface area contributed by atoms with Gasteiger partial charge in [-0.2, -0.15) is 0 Å². The lowest BCUT2D eigenvalue weighted by Crippen LogP contribution is -2.28. The van der Waals surface area contributed by atoms with Crippen LogP contribution in [0.4, 0.5) is 0 Å². The fourth-order valence-electron chi connectivity index (χ4n) is 3.42. The number of carbonyl (C=O) groups is 1. The van der Waals surface area contributed by atoms with Gasteiger partial charge in [0.1, 0.15) is 5.75 Å². The fraction of sp³-hybridized carbons (Fsp3) is 0.217. The molecule has 7 heteroatoms. The number of methoxy groups -OCH3 is 1. The average molecular weight is 443 g/mol. The van der Waals surface area contributed by atoms with Crippen LogP contribution in [0.1, 0.15) is 30.9 Å². The van der Waals surface area contributed by atoms with Gasteiger partial charge < -0.3 is 14.8 Å². The van der Waals surface area contributed by atoms with Crippen molar-refractivity contribution in [2.24, 2.45) is 0 Å². The summed E-state index contributed by atoms with van der Waals surface area (Å²) in [7, 11) is 1.59. The summed E-state index contributed by atoms with van der Waals surface area (Å²) < 4.78 is 10.6. The lowest BCUT2D eigenvalue weighted by Gasteiger charge is -2.30. The SMILES string of the molecule is [C-]#[N+]C1=C(C)NC(c2ccc(OC)cc2)=C(C(=O)OCC)C1c1ccc(Cl)cc1Cl. The number of rotatable bonds is 5. The molecule has 0 bridgehead atoms. The highest BCUT2D eigenvalue weighted by Gasteiger charge is 2.37. The molecule has 1 atom stereocenters. The monoisotopic (exact) mass is 442 g/mol. The molecular weight excluding hydrogens is 423 g/mol. The third-order valence-corrected chi connectivity index (χ3v) is 5.36. The van der Waals surface area contributed by atoms with Crippen LogP contribution in [-0.4, -0.2) is 19.7 Å². The molecule has 1 unspecified atom stereocenters. The van der Waals surface area contributed by atoms with E-state index in [1.54, 1.807) is 51.3 Å². The molecule has 1 aliphatic heterocycles. The second-order valence-electron chi connectivity index (χ2n) is 6.58. The minimum Gasteiger partial charge on any atom is -0.497 e. The quantitative estimate of drug-likeness (QED) is 0.468. The number of hydrogen-bond donors (Lipinski definition) is 1. The lowest BCUT2D eigenvalue weighted by molar-refractivity contribution is -0.138. The molecule has 1 heterocycles. The first kappa shape index (κ1) is 21.8. The summed E-state index contributed by atoms with van der Waals surface area (Å²) in [5.74, 6) is -0.510. The van der Waals surface area contributed by atoms with Crippen LogP contribution in [-0.2, 0) is 9.53 Å². The van der Waals surface area contributed by atoms with Gasteiger partial charge in [0, 0.05) is 15.7 Å². The zero-order chi connectivity index (χ0) is 21.8. The third kappa shape index (κ3) is 4.16. The Morgan fingerprint density at radius 2 is 1.90 bits per heavy atom. The van der Waals surface area contributed by atoms with Crippen LogP contribution in [0.2, 0.25) is 10.0 Å². The van der Waals surface area contributed by atoms with E-state index in [4.69, 9.17) is 39.2 Å². The lowest BCUT2D eigenvalue weighted by atomic mass is 9.82. The molecule has 0 amide bonds. The first-order valence-corrected chi connectivity index (χ1v) is 10.0. The molecule has 5 nitrogen and oxygen atoms in total. The van der Waals surface area contributed by atoms with Crippen LogP contribution in [0.3, 0.4) is 0 Å². The van der Waals surface area contributed by atoms with E-state index in [1.807, 2.05) is 12.1 Å². The van der Waals surface area contributed by atoms with E-state index in [1.165, 1.54) is 0 Å². The Morgan fingerprint density at radius 3 is 2.47 bits per heavy atom. The molecule has 0 spiro atoms. The number of carbonyl (C=O) groups excluding carboxylic acids is 1. The first-order chi connectivity index (χ1) is 14.4. The minimum absolute atomic E-state index is 0.204. The maximum absolute atomic E-state index is 13.1. The van der Waals surface area contributed by atoms with E-state index in [9.17, 15) is 4.79 Å². The first-order valence-electron chi connectivity index (χ1n) is 9.27. The smallest absolute Gasteiger partial charge is 0.335 e. The highest BCUT2D eigenvalue weighted by Crippen LogP contribution is 2.44. The summed E-state index contributed by atoms with van der Waals surface area (Å²) in [6.45, 7) is 11.5. The van der Waals surface area contributed by atoms with Crippen LogP contribution in [0.5, 0.6) is 5.75 Å². The molecule has 1 N–H and O–H groups in total. The van der Waals surface area contributed by atoms with Crippen LogP contribution >= 0.6 is 23.2 Å². The molecule has 0 aliphatic carbocycles. The van der Waals surface area contributed by atoms with Gasteiger partial charge in [0.25, 0.3) is 0 Å². The minimum atomic E-state index is -0.690. The van der Waals surface area contributed by atoms with Gasteiger partial charge in [0.05, 0.1) is 37.5 Å². The Kier molecular flexibility index (Phi) is 6.71. The van der Waals surface area contributed by atoms with Crippen LogP contribution in [0.25, 0.3) is 10.5 Å². The maximum Gasteiger partial charge on any atom is 0.335 e. The third-order valence-electron chi connectivity index (χ3n) is 4.80. The van der Waals surface area contributed by atoms with E-state index in [2.05, 4.69) is 10.2 Å². The largest absolute Gasteiger partial charge is 0.497 e. The van der Waals surface area contributed by atoms with Gasteiger partial charge in [0.2, 0.25) is 0 Å². The Morgan fingerprint density at radius 1 is 1.20 bits per heavy atom. The van der Waals surface area contributed by atoms with Crippen molar-refractivity contribution < 1.29 is 14.3 Å². The molecule has 0 saturated carbocycles. The Balaban J connectivity index is 2.29. The van der Waals surface area contributed by atoms with Gasteiger partial charge in [-0.25, -0.2) is 9.64 Å². The summed E-state index contributed by atoms with van der Waals surface area (Å²) in [6.07, 6.45) is 0. The molecule has 0 aromatic heterocycles. The zero-order valence-corrected chi connectivity index (χ0v) is 18.3. The number of halogens is 2. The topological polar surface area (TPSA) is 51.9 Å². The highest BCUT2D eigenvalue weighted by atomic mass is 35.5. The second-order valence-corrected chi connectivity index (χ2v) is 7.43. The van der Waals surface area contributed by atoms with Crippen LogP contribution in [0.15, 0.2) is 59.4 Å². The van der Waals surface area contributed by atoms with E-state index < -0.39 is 11.9 Å². The van der Waals surface area contributed by atoms with Crippen molar-refractivity contribution in [3.8, 4) is 5.75 Å². The standard InChI is InChI=1S/C23H20Cl2N2O3/c1-5-30-23(28)20-19(17-11-8-15(24)12-18(17)25)21(26-3)13(2)27-22(20)14-6-9-16(29-4)10-7-14/h6-12,19,27H,5H2,1-2,4H3. The maximum atomic E-state index is 13.1. The zero-order valence-electron chi connectivity index (χ0n) is 16.8. The fourth-order valence-corrected chi connectivity index (χ4v) is 3.93. The van der Waals surface area contributed by atoms with Crippen LogP contribution in [0, 0.1) is 6.57 Å². The van der Waals surface area contributed by atoms with Crippen molar-refractivity contribution in [3.05, 3.63) is 92.0 Å². The molecular formula is C23H20Cl2N2O3. The molecule has 0 fully saturated rings. The molecule has 2 aromatic carbocycles.